The molecule has 2 aliphatic carbocycles. The van der Waals surface area contributed by atoms with Gasteiger partial charge in [0.1, 0.15) is 0 Å². The first-order valence-corrected chi connectivity index (χ1v) is 10.1. The Labute approximate surface area is 153 Å². The fraction of sp³-hybridized carbons (Fsp3) is 0.696. The number of hydrogen-bond acceptors (Lipinski definition) is 1. The molecule has 2 heteroatoms. The molecule has 1 amide bonds. The molecule has 0 aliphatic heterocycles. The van der Waals surface area contributed by atoms with Crippen molar-refractivity contribution in [3.63, 3.8) is 0 Å². The van der Waals surface area contributed by atoms with E-state index in [1.54, 1.807) is 0 Å². The van der Waals surface area contributed by atoms with Gasteiger partial charge in [0.25, 0.3) is 0 Å². The van der Waals surface area contributed by atoms with Crippen molar-refractivity contribution in [2.75, 3.05) is 0 Å². The molecule has 3 rings (SSSR count). The minimum Gasteiger partial charge on any atom is -0.351 e. The van der Waals surface area contributed by atoms with Crippen molar-refractivity contribution in [3.8, 4) is 0 Å². The van der Waals surface area contributed by atoms with Crippen molar-refractivity contribution in [1.82, 2.24) is 5.32 Å². The highest BCUT2D eigenvalue weighted by Gasteiger charge is 2.52. The van der Waals surface area contributed by atoms with Crippen LogP contribution in [-0.4, -0.2) is 11.4 Å². The summed E-state index contributed by atoms with van der Waals surface area (Å²) < 4.78 is 0. The zero-order valence-electron chi connectivity index (χ0n) is 16.6. The van der Waals surface area contributed by atoms with Crippen LogP contribution in [0.5, 0.6) is 0 Å². The first-order valence-electron chi connectivity index (χ1n) is 10.1. The van der Waals surface area contributed by atoms with Crippen molar-refractivity contribution in [1.29, 1.82) is 0 Å². The smallest absolute Gasteiger partial charge is 0.221 e. The summed E-state index contributed by atoms with van der Waals surface area (Å²) in [5.41, 5.74) is 1.20. The molecule has 0 spiro atoms. The summed E-state index contributed by atoms with van der Waals surface area (Å²) in [6, 6.07) is 10.9. The average molecular weight is 342 g/mol. The van der Waals surface area contributed by atoms with Crippen LogP contribution in [0.25, 0.3) is 0 Å². The first kappa shape index (κ1) is 18.5. The summed E-state index contributed by atoms with van der Waals surface area (Å²) in [5.74, 6) is 3.02. The molecule has 0 radical (unpaired) electrons. The molecule has 1 aromatic rings. The zero-order chi connectivity index (χ0) is 18.2. The summed E-state index contributed by atoms with van der Waals surface area (Å²) in [6.45, 7) is 11.0. The normalized spacial score (nSPS) is 35.2. The van der Waals surface area contributed by atoms with Gasteiger partial charge in [-0.15, -0.1) is 0 Å². The van der Waals surface area contributed by atoms with Crippen LogP contribution in [0.2, 0.25) is 0 Å². The molecule has 5 atom stereocenters. The third-order valence-electron chi connectivity index (χ3n) is 6.61. The summed E-state index contributed by atoms with van der Waals surface area (Å²) in [5, 5.41) is 3.23. The Bertz CT molecular complexity index is 598. The van der Waals surface area contributed by atoms with E-state index in [0.717, 1.165) is 11.8 Å². The molecule has 2 saturated carbocycles. The van der Waals surface area contributed by atoms with E-state index in [9.17, 15) is 4.79 Å². The van der Waals surface area contributed by atoms with Gasteiger partial charge >= 0.3 is 0 Å². The van der Waals surface area contributed by atoms with E-state index >= 15 is 0 Å². The van der Waals surface area contributed by atoms with Gasteiger partial charge in [0, 0.05) is 17.4 Å². The summed E-state index contributed by atoms with van der Waals surface area (Å²) in [4.78, 5) is 13.0. The topological polar surface area (TPSA) is 29.1 Å². The molecule has 2 aliphatic rings. The van der Waals surface area contributed by atoms with Crippen LogP contribution in [0.4, 0.5) is 0 Å². The lowest BCUT2D eigenvalue weighted by atomic mass is 9.49. The van der Waals surface area contributed by atoms with E-state index in [1.807, 2.05) is 0 Å². The van der Waals surface area contributed by atoms with Gasteiger partial charge in [-0.1, -0.05) is 44.2 Å². The van der Waals surface area contributed by atoms with Crippen LogP contribution in [0.15, 0.2) is 30.3 Å². The molecule has 1 aromatic carbocycles. The van der Waals surface area contributed by atoms with Crippen LogP contribution < -0.4 is 5.32 Å². The van der Waals surface area contributed by atoms with Gasteiger partial charge in [-0.05, 0) is 75.7 Å². The molecule has 138 valence electrons. The third kappa shape index (κ3) is 3.78. The Morgan fingerprint density at radius 1 is 1.08 bits per heavy atom. The minimum absolute atomic E-state index is 0.0121. The second-order valence-corrected chi connectivity index (χ2v) is 9.89. The lowest BCUT2D eigenvalue weighted by Crippen LogP contribution is -2.53. The van der Waals surface area contributed by atoms with Gasteiger partial charge in [-0.3, -0.25) is 4.79 Å². The monoisotopic (exact) mass is 341 g/mol. The molecule has 5 unspecified atom stereocenters. The lowest BCUT2D eigenvalue weighted by molar-refractivity contribution is -0.126. The lowest BCUT2D eigenvalue weighted by Gasteiger charge is -2.55. The fourth-order valence-electron chi connectivity index (χ4n) is 5.89. The highest BCUT2D eigenvalue weighted by molar-refractivity contribution is 5.78. The minimum atomic E-state index is -0.171. The van der Waals surface area contributed by atoms with Crippen LogP contribution in [0.3, 0.4) is 0 Å². The molecule has 0 heterocycles. The predicted octanol–water partition coefficient (Wildman–Crippen LogP) is 5.32. The number of amides is 1. The van der Waals surface area contributed by atoms with Crippen molar-refractivity contribution < 1.29 is 4.79 Å². The number of carbonyl (C=O) groups is 1. The largest absolute Gasteiger partial charge is 0.351 e. The molecule has 25 heavy (non-hydrogen) atoms. The maximum absolute atomic E-state index is 13.0. The van der Waals surface area contributed by atoms with Crippen LogP contribution in [0.1, 0.15) is 72.3 Å². The van der Waals surface area contributed by atoms with Gasteiger partial charge < -0.3 is 5.32 Å². The van der Waals surface area contributed by atoms with Crippen molar-refractivity contribution in [2.24, 2.45) is 23.7 Å². The van der Waals surface area contributed by atoms with Crippen LogP contribution in [0, 0.1) is 23.7 Å². The van der Waals surface area contributed by atoms with Gasteiger partial charge in [0.15, 0.2) is 0 Å². The number of hydrogen-bond donors (Lipinski definition) is 1. The number of rotatable bonds is 3. The molecule has 2 bridgehead atoms. The Hall–Kier alpha value is -1.31. The Morgan fingerprint density at radius 2 is 1.76 bits per heavy atom. The number of benzene rings is 1. The summed E-state index contributed by atoms with van der Waals surface area (Å²) >= 11 is 0. The molecular weight excluding hydrogens is 306 g/mol. The molecule has 2 nitrogen and oxygen atoms in total. The van der Waals surface area contributed by atoms with Crippen molar-refractivity contribution >= 4 is 5.91 Å². The number of carbonyl (C=O) groups excluding carboxylic acids is 1. The predicted molar refractivity (Wildman–Crippen MR) is 104 cm³/mol. The van der Waals surface area contributed by atoms with Gasteiger partial charge in [0.2, 0.25) is 5.91 Å². The van der Waals surface area contributed by atoms with E-state index in [4.69, 9.17) is 0 Å². The van der Waals surface area contributed by atoms with Crippen LogP contribution >= 0.6 is 0 Å². The highest BCUT2D eigenvalue weighted by Crippen LogP contribution is 2.57. The van der Waals surface area contributed by atoms with Crippen LogP contribution in [-0.2, 0) is 10.2 Å². The van der Waals surface area contributed by atoms with Crippen molar-refractivity contribution in [3.05, 3.63) is 35.9 Å². The fourth-order valence-corrected chi connectivity index (χ4v) is 5.89. The third-order valence-corrected chi connectivity index (χ3v) is 6.61. The zero-order valence-corrected chi connectivity index (χ0v) is 16.6. The Balaban J connectivity index is 1.99. The van der Waals surface area contributed by atoms with E-state index in [-0.39, 0.29) is 16.9 Å². The van der Waals surface area contributed by atoms with Gasteiger partial charge in [-0.25, -0.2) is 0 Å². The SMILES string of the molecule is CC1CC2CC(C)C(CC(=O)NC(C)(C)C)(c3ccccc3)C(C1)C2. The number of fused-ring (bicyclic) bond motifs is 2. The standard InChI is InChI=1S/C23H35NO/c1-16-11-18-13-17(2)23(20(12-16)14-18,19-9-7-6-8-10-19)15-21(25)24-22(3,4)5/h6-10,16-18,20H,11-15H2,1-5H3,(H,24,25). The van der Waals surface area contributed by atoms with E-state index in [2.05, 4.69) is 70.3 Å². The van der Waals surface area contributed by atoms with E-state index in [0.29, 0.717) is 18.3 Å². The number of nitrogens with one attached hydrogen (secondary N) is 1. The molecular formula is C23H35NO. The highest BCUT2D eigenvalue weighted by atomic mass is 16.1. The quantitative estimate of drug-likeness (QED) is 0.792. The van der Waals surface area contributed by atoms with E-state index < -0.39 is 0 Å². The molecule has 0 saturated heterocycles. The summed E-state index contributed by atoms with van der Waals surface area (Å²) in [6.07, 6.45) is 5.82. The molecule has 0 aromatic heterocycles. The maximum Gasteiger partial charge on any atom is 0.221 e. The Kier molecular flexibility index (Phi) is 5.01. The second-order valence-electron chi connectivity index (χ2n) is 9.89. The van der Waals surface area contributed by atoms with E-state index in [1.165, 1.54) is 31.2 Å². The Morgan fingerprint density at radius 3 is 2.40 bits per heavy atom. The molecule has 2 fully saturated rings. The van der Waals surface area contributed by atoms with Gasteiger partial charge in [-0.2, -0.15) is 0 Å². The average Bonchev–Trinajstić information content (AvgIpc) is 2.50. The maximum atomic E-state index is 13.0. The molecule has 1 N–H and O–H groups in total. The van der Waals surface area contributed by atoms with Crippen molar-refractivity contribution in [2.45, 2.75) is 77.7 Å². The van der Waals surface area contributed by atoms with Gasteiger partial charge in [0.05, 0.1) is 0 Å². The first-order chi connectivity index (χ1) is 11.7. The summed E-state index contributed by atoms with van der Waals surface area (Å²) in [7, 11) is 0. The second kappa shape index (κ2) is 6.78.